The van der Waals surface area contributed by atoms with E-state index in [0.717, 1.165) is 51.4 Å². The topological polar surface area (TPSA) is 72.8 Å². The minimum atomic E-state index is -0.455. The van der Waals surface area contributed by atoms with Gasteiger partial charge < -0.3 is 14.6 Å². The van der Waals surface area contributed by atoms with Crippen molar-refractivity contribution in [2.24, 2.45) is 17.8 Å². The molecule has 2 rings (SSSR count). The molecule has 0 amide bonds. The lowest BCUT2D eigenvalue weighted by molar-refractivity contribution is -0.141. The number of aliphatic hydroxyl groups is 1. The van der Waals surface area contributed by atoms with E-state index < -0.39 is 5.97 Å². The number of hydrogen-bond acceptors (Lipinski definition) is 5. The number of methoxy groups -OCH3 is 1. The summed E-state index contributed by atoms with van der Waals surface area (Å²) in [7, 11) is 1.74. The molecule has 0 aromatic rings. The lowest BCUT2D eigenvalue weighted by Crippen LogP contribution is -2.19. The number of ketones is 1. The monoisotopic (exact) mass is 364 g/mol. The molecule has 0 unspecified atom stereocenters. The van der Waals surface area contributed by atoms with Gasteiger partial charge in [-0.25, -0.2) is 4.79 Å². The molecule has 2 saturated carbocycles. The Balaban J connectivity index is 1.62. The van der Waals surface area contributed by atoms with E-state index in [-0.39, 0.29) is 19.0 Å². The Morgan fingerprint density at radius 3 is 2.08 bits per heavy atom. The molecular weight excluding hydrogens is 332 g/mol. The lowest BCUT2D eigenvalue weighted by atomic mass is 9.82. The largest absolute Gasteiger partial charge is 0.454 e. The summed E-state index contributed by atoms with van der Waals surface area (Å²) >= 11 is 0. The molecule has 2 aliphatic carbocycles. The van der Waals surface area contributed by atoms with Gasteiger partial charge in [-0.2, -0.15) is 0 Å². The quantitative estimate of drug-likeness (QED) is 0.529. The molecule has 26 heavy (non-hydrogen) atoms. The summed E-state index contributed by atoms with van der Waals surface area (Å²) in [5, 5.41) is 9.14. The van der Waals surface area contributed by atoms with Gasteiger partial charge in [-0.1, -0.05) is 12.2 Å². The number of aliphatic hydroxyl groups excluding tert-OH is 1. The number of carbonyl (C=O) groups is 2. The molecular formula is C21H32O5. The van der Waals surface area contributed by atoms with Crippen LogP contribution in [0, 0.1) is 17.8 Å². The van der Waals surface area contributed by atoms with Crippen LogP contribution >= 0.6 is 0 Å². The zero-order valence-corrected chi connectivity index (χ0v) is 15.8. The summed E-state index contributed by atoms with van der Waals surface area (Å²) in [5.74, 6) is 0.548. The van der Waals surface area contributed by atoms with E-state index in [9.17, 15) is 9.59 Å². The summed E-state index contributed by atoms with van der Waals surface area (Å²) in [6, 6.07) is 0. The second-order valence-electron chi connectivity index (χ2n) is 7.53. The van der Waals surface area contributed by atoms with Crippen molar-refractivity contribution in [1.82, 2.24) is 0 Å². The Hall–Kier alpha value is -1.46. The number of hydrogen-bond donors (Lipinski definition) is 1. The van der Waals surface area contributed by atoms with Crippen LogP contribution < -0.4 is 0 Å². The third-order valence-corrected chi connectivity index (χ3v) is 5.62. The predicted molar refractivity (Wildman–Crippen MR) is 99.5 cm³/mol. The zero-order valence-electron chi connectivity index (χ0n) is 15.8. The SMILES string of the molecule is COC1CCC(/C=C/C(=O)OCC(=O)/C=C/C2CCC(CO)CC2)CC1. The Labute approximate surface area is 156 Å². The minimum absolute atomic E-state index is 0.184. The maximum absolute atomic E-state index is 11.8. The number of rotatable bonds is 8. The molecule has 0 bridgehead atoms. The van der Waals surface area contributed by atoms with E-state index in [0.29, 0.717) is 23.9 Å². The fraction of sp³-hybridized carbons (Fsp3) is 0.714. The van der Waals surface area contributed by atoms with E-state index >= 15 is 0 Å². The summed E-state index contributed by atoms with van der Waals surface area (Å²) < 4.78 is 10.4. The first-order valence-electron chi connectivity index (χ1n) is 9.80. The highest BCUT2D eigenvalue weighted by molar-refractivity contribution is 5.93. The van der Waals surface area contributed by atoms with Gasteiger partial charge in [-0.05, 0) is 75.2 Å². The van der Waals surface area contributed by atoms with Crippen molar-refractivity contribution in [1.29, 1.82) is 0 Å². The molecule has 0 radical (unpaired) electrons. The highest BCUT2D eigenvalue weighted by Crippen LogP contribution is 2.29. The van der Waals surface area contributed by atoms with Crippen LogP contribution in [0.2, 0.25) is 0 Å². The average molecular weight is 364 g/mol. The van der Waals surface area contributed by atoms with Gasteiger partial charge in [0.15, 0.2) is 12.4 Å². The zero-order chi connectivity index (χ0) is 18.8. The summed E-state index contributed by atoms with van der Waals surface area (Å²) in [4.78, 5) is 23.6. The van der Waals surface area contributed by atoms with Gasteiger partial charge in [-0.3, -0.25) is 4.79 Å². The number of esters is 1. The first-order valence-corrected chi connectivity index (χ1v) is 9.80. The van der Waals surface area contributed by atoms with Crippen LogP contribution in [0.5, 0.6) is 0 Å². The van der Waals surface area contributed by atoms with Gasteiger partial charge in [0, 0.05) is 19.8 Å². The first kappa shape index (κ1) is 20.8. The first-order chi connectivity index (χ1) is 12.6. The van der Waals surface area contributed by atoms with Crippen molar-refractivity contribution in [2.75, 3.05) is 20.3 Å². The van der Waals surface area contributed by atoms with Crippen LogP contribution in [0.3, 0.4) is 0 Å². The van der Waals surface area contributed by atoms with Gasteiger partial charge in [0.1, 0.15) is 0 Å². The number of allylic oxidation sites excluding steroid dienone is 2. The maximum Gasteiger partial charge on any atom is 0.330 e. The maximum atomic E-state index is 11.8. The summed E-state index contributed by atoms with van der Waals surface area (Å²) in [5.41, 5.74) is 0. The third-order valence-electron chi connectivity index (χ3n) is 5.62. The molecule has 0 spiro atoms. The van der Waals surface area contributed by atoms with Crippen LogP contribution in [0.1, 0.15) is 51.4 Å². The molecule has 0 heterocycles. The fourth-order valence-electron chi connectivity index (χ4n) is 3.78. The molecule has 2 aliphatic rings. The molecule has 0 aromatic carbocycles. The normalized spacial score (nSPS) is 29.9. The second-order valence-corrected chi connectivity index (χ2v) is 7.53. The van der Waals surface area contributed by atoms with Crippen molar-refractivity contribution in [3.8, 4) is 0 Å². The van der Waals surface area contributed by atoms with Crippen molar-refractivity contribution < 1.29 is 24.2 Å². The van der Waals surface area contributed by atoms with E-state index in [1.54, 1.807) is 7.11 Å². The molecule has 146 valence electrons. The fourth-order valence-corrected chi connectivity index (χ4v) is 3.78. The average Bonchev–Trinajstić information content (AvgIpc) is 2.69. The number of carbonyl (C=O) groups excluding carboxylic acids is 2. The standard InChI is InChI=1S/C21H32O5/c1-25-20-11-7-17(8-12-20)9-13-21(24)26-15-19(23)10-6-16-2-4-18(14-22)5-3-16/h6,9-10,13,16-18,20,22H,2-5,7-8,11-12,14-15H2,1H3/b10-6+,13-9+. The summed E-state index contributed by atoms with van der Waals surface area (Å²) in [6.45, 7) is 0.0503. The van der Waals surface area contributed by atoms with Crippen LogP contribution in [0.15, 0.2) is 24.3 Å². The molecule has 5 heteroatoms. The minimum Gasteiger partial charge on any atom is -0.454 e. The molecule has 0 saturated heterocycles. The predicted octanol–water partition coefficient (Wildman–Crippen LogP) is 3.22. The molecule has 0 aromatic heterocycles. The molecule has 0 atom stereocenters. The molecule has 1 N–H and O–H groups in total. The van der Waals surface area contributed by atoms with E-state index in [2.05, 4.69) is 0 Å². The second kappa shape index (κ2) is 11.3. The highest BCUT2D eigenvalue weighted by Gasteiger charge is 2.20. The van der Waals surface area contributed by atoms with Crippen LogP contribution in [0.25, 0.3) is 0 Å². The van der Waals surface area contributed by atoms with E-state index in [4.69, 9.17) is 14.6 Å². The van der Waals surface area contributed by atoms with Crippen molar-refractivity contribution in [3.63, 3.8) is 0 Å². The van der Waals surface area contributed by atoms with E-state index in [1.807, 2.05) is 12.2 Å². The van der Waals surface area contributed by atoms with Gasteiger partial charge >= 0.3 is 5.97 Å². The number of ether oxygens (including phenoxy) is 2. The lowest BCUT2D eigenvalue weighted by Gasteiger charge is -2.25. The Morgan fingerprint density at radius 1 is 0.923 bits per heavy atom. The van der Waals surface area contributed by atoms with Crippen molar-refractivity contribution >= 4 is 11.8 Å². The van der Waals surface area contributed by atoms with Gasteiger partial charge in [0.05, 0.1) is 6.10 Å². The van der Waals surface area contributed by atoms with Crippen molar-refractivity contribution in [3.05, 3.63) is 24.3 Å². The van der Waals surface area contributed by atoms with Crippen LogP contribution in [-0.2, 0) is 19.1 Å². The highest BCUT2D eigenvalue weighted by atomic mass is 16.5. The van der Waals surface area contributed by atoms with E-state index in [1.165, 1.54) is 12.2 Å². The Morgan fingerprint density at radius 2 is 1.50 bits per heavy atom. The van der Waals surface area contributed by atoms with Gasteiger partial charge in [0.2, 0.25) is 0 Å². The Kier molecular flexibility index (Phi) is 9.06. The van der Waals surface area contributed by atoms with Gasteiger partial charge in [-0.15, -0.1) is 0 Å². The smallest absolute Gasteiger partial charge is 0.330 e. The molecule has 0 aliphatic heterocycles. The third kappa shape index (κ3) is 7.42. The van der Waals surface area contributed by atoms with Crippen LogP contribution in [0.4, 0.5) is 0 Å². The van der Waals surface area contributed by atoms with Crippen molar-refractivity contribution in [2.45, 2.75) is 57.5 Å². The Bertz CT molecular complexity index is 449. The van der Waals surface area contributed by atoms with Gasteiger partial charge in [0.25, 0.3) is 0 Å². The molecule has 2 fully saturated rings. The van der Waals surface area contributed by atoms with Crippen LogP contribution in [-0.4, -0.2) is 43.3 Å². The molecule has 5 nitrogen and oxygen atoms in total. The summed E-state index contributed by atoms with van der Waals surface area (Å²) in [6.07, 6.45) is 15.2.